The summed E-state index contributed by atoms with van der Waals surface area (Å²) in [6.45, 7) is 8.05. The minimum atomic E-state index is -1.62. The van der Waals surface area contributed by atoms with Gasteiger partial charge in [0.15, 0.2) is 18.4 Å². The van der Waals surface area contributed by atoms with Crippen LogP contribution in [0.3, 0.4) is 0 Å². The van der Waals surface area contributed by atoms with Crippen molar-refractivity contribution in [1.29, 1.82) is 0 Å². The Labute approximate surface area is 255 Å². The van der Waals surface area contributed by atoms with Gasteiger partial charge in [0.2, 0.25) is 0 Å². The van der Waals surface area contributed by atoms with Crippen LogP contribution in [0.25, 0.3) is 0 Å². The van der Waals surface area contributed by atoms with Crippen molar-refractivity contribution in [3.8, 4) is 0 Å². The lowest BCUT2D eigenvalue weighted by molar-refractivity contribution is -0.221. The highest BCUT2D eigenvalue weighted by molar-refractivity contribution is 6.33. The van der Waals surface area contributed by atoms with Gasteiger partial charge in [0.05, 0.1) is 17.0 Å². The van der Waals surface area contributed by atoms with Crippen LogP contribution >= 0.6 is 11.6 Å². The number of anilines is 1. The molecule has 2 heterocycles. The summed E-state index contributed by atoms with van der Waals surface area (Å²) in [7, 11) is 1.66. The molecule has 2 fully saturated rings. The van der Waals surface area contributed by atoms with Gasteiger partial charge in [-0.15, -0.1) is 0 Å². The lowest BCUT2D eigenvalue weighted by Crippen LogP contribution is -2.66. The summed E-state index contributed by atoms with van der Waals surface area (Å²) in [5, 5.41) is 29.1. The Hall–Kier alpha value is -2.96. The van der Waals surface area contributed by atoms with Gasteiger partial charge in [0, 0.05) is 38.8 Å². The Bertz CT molecular complexity index is 1380. The number of nitrogens with zero attached hydrogens (tertiary/aromatic N) is 1. The summed E-state index contributed by atoms with van der Waals surface area (Å²) in [6.07, 6.45) is 1.22. The van der Waals surface area contributed by atoms with Gasteiger partial charge in [-0.2, -0.15) is 0 Å². The Morgan fingerprint density at radius 1 is 1.14 bits per heavy atom. The quantitative estimate of drug-likeness (QED) is 0.194. The standard InChI is InChI=1S/C31H39ClN2O9/c1-15-12-22-20(16(2)14-40-18(4)35)11-10-17(3)31(22,39)27(26(15)41-19(5)36)42-28(37)24-13-30(38)21-8-7-9-23(32)25(21)34(6)43-29(30)33-24/h7-9,12,14,17,20,22,24,26-27,29,33,38-39H,10-11,13H2,1-6H3/b16-14+/t17-,20+,22-,24+,26-,27+,29-,30-,31-/m1/s1. The van der Waals surface area contributed by atoms with Gasteiger partial charge in [-0.25, -0.2) is 0 Å². The van der Waals surface area contributed by atoms with E-state index in [1.807, 2.05) is 19.9 Å². The zero-order chi connectivity index (χ0) is 31.4. The first-order chi connectivity index (χ1) is 20.2. The Morgan fingerprint density at radius 2 is 1.86 bits per heavy atom. The van der Waals surface area contributed by atoms with Crippen molar-refractivity contribution < 1.29 is 43.6 Å². The molecular weight excluding hydrogens is 580 g/mol. The summed E-state index contributed by atoms with van der Waals surface area (Å²) in [5.74, 6) is -2.87. The first-order valence-corrected chi connectivity index (χ1v) is 14.9. The number of allylic oxidation sites excluding steroid dienone is 1. The molecule has 1 saturated heterocycles. The number of ether oxygens (including phenoxy) is 3. The van der Waals surface area contributed by atoms with Gasteiger partial charge in [-0.1, -0.05) is 36.7 Å². The minimum Gasteiger partial charge on any atom is -0.454 e. The SMILES string of the molecule is CC(=O)O/C=C(\C)[C@@H]1CC[C@@H](C)[C@@]2(O)[C@@H]1C=C(C)[C@@H](OC(C)=O)[C@@H]2OC(=O)[C@@H]1C[C@@]2(O)c3cccc(Cl)c3N(C)O[C@H]2N1. The molecule has 0 bridgehead atoms. The smallest absolute Gasteiger partial charge is 0.323 e. The Morgan fingerprint density at radius 3 is 2.53 bits per heavy atom. The highest BCUT2D eigenvalue weighted by Crippen LogP contribution is 2.53. The number of aliphatic hydroxyl groups is 2. The Kier molecular flexibility index (Phi) is 8.43. The molecule has 11 nitrogen and oxygen atoms in total. The molecule has 12 heteroatoms. The second-order valence-electron chi connectivity index (χ2n) is 12.2. The number of halogens is 1. The van der Waals surface area contributed by atoms with Crippen LogP contribution in [0.5, 0.6) is 0 Å². The number of carbonyl (C=O) groups is 3. The summed E-state index contributed by atoms with van der Waals surface area (Å²) < 4.78 is 16.9. The maximum atomic E-state index is 13.9. The molecule has 9 atom stereocenters. The fourth-order valence-electron chi connectivity index (χ4n) is 7.25. The van der Waals surface area contributed by atoms with Gasteiger partial charge in [-0.3, -0.25) is 29.6 Å². The van der Waals surface area contributed by atoms with E-state index in [2.05, 4.69) is 5.32 Å². The van der Waals surface area contributed by atoms with Crippen molar-refractivity contribution in [2.45, 2.75) is 89.6 Å². The van der Waals surface area contributed by atoms with Crippen LogP contribution in [0.1, 0.15) is 59.4 Å². The molecule has 0 spiro atoms. The number of hydrogen-bond acceptors (Lipinski definition) is 11. The highest BCUT2D eigenvalue weighted by Gasteiger charge is 2.62. The zero-order valence-electron chi connectivity index (χ0n) is 25.1. The van der Waals surface area contributed by atoms with Crippen LogP contribution in [-0.4, -0.2) is 65.2 Å². The zero-order valence-corrected chi connectivity index (χ0v) is 25.9. The number of para-hydroxylation sites is 1. The average molecular weight is 619 g/mol. The second kappa shape index (κ2) is 11.5. The summed E-state index contributed by atoms with van der Waals surface area (Å²) in [5.41, 5.74) is -0.820. The molecule has 4 aliphatic rings. The first kappa shape index (κ1) is 31.5. The molecule has 1 aromatic rings. The molecule has 0 amide bonds. The van der Waals surface area contributed by atoms with Crippen molar-refractivity contribution in [3.05, 3.63) is 52.3 Å². The summed E-state index contributed by atoms with van der Waals surface area (Å²) in [6, 6.07) is 4.12. The van der Waals surface area contributed by atoms with E-state index in [1.54, 1.807) is 32.2 Å². The highest BCUT2D eigenvalue weighted by atomic mass is 35.5. The summed E-state index contributed by atoms with van der Waals surface area (Å²) in [4.78, 5) is 43.4. The van der Waals surface area contributed by atoms with E-state index in [4.69, 9.17) is 30.6 Å². The van der Waals surface area contributed by atoms with Gasteiger partial charge in [-0.05, 0) is 55.7 Å². The van der Waals surface area contributed by atoms with Gasteiger partial charge >= 0.3 is 17.9 Å². The molecule has 3 N–H and O–H groups in total. The largest absolute Gasteiger partial charge is 0.454 e. The number of esters is 3. The molecule has 1 aromatic carbocycles. The van der Waals surface area contributed by atoms with Crippen molar-refractivity contribution in [2.24, 2.45) is 17.8 Å². The molecule has 0 radical (unpaired) electrons. The predicted octanol–water partition coefficient (Wildman–Crippen LogP) is 3.26. The third-order valence-corrected chi connectivity index (χ3v) is 9.74. The second-order valence-corrected chi connectivity index (χ2v) is 12.6. The average Bonchev–Trinajstić information content (AvgIpc) is 3.28. The molecular formula is C31H39ClN2O9. The molecule has 5 rings (SSSR count). The molecule has 2 aliphatic carbocycles. The number of fused-ring (bicyclic) bond motifs is 4. The maximum Gasteiger partial charge on any atom is 0.323 e. The molecule has 2 aliphatic heterocycles. The molecule has 43 heavy (non-hydrogen) atoms. The van der Waals surface area contributed by atoms with E-state index in [9.17, 15) is 24.6 Å². The van der Waals surface area contributed by atoms with Crippen LogP contribution in [0, 0.1) is 17.8 Å². The third kappa shape index (κ3) is 5.35. The monoisotopic (exact) mass is 618 g/mol. The first-order valence-electron chi connectivity index (χ1n) is 14.5. The molecule has 0 unspecified atom stereocenters. The van der Waals surface area contributed by atoms with E-state index in [-0.39, 0.29) is 18.3 Å². The van der Waals surface area contributed by atoms with Gasteiger partial charge in [0.25, 0.3) is 0 Å². The maximum absolute atomic E-state index is 13.9. The Balaban J connectivity index is 1.47. The van der Waals surface area contributed by atoms with Crippen LogP contribution in [-0.2, 0) is 39.0 Å². The van der Waals surface area contributed by atoms with E-state index in [1.165, 1.54) is 25.2 Å². The van der Waals surface area contributed by atoms with E-state index in [0.717, 1.165) is 5.57 Å². The van der Waals surface area contributed by atoms with E-state index < -0.39 is 59.5 Å². The van der Waals surface area contributed by atoms with Crippen molar-refractivity contribution in [1.82, 2.24) is 5.32 Å². The number of benzene rings is 1. The van der Waals surface area contributed by atoms with Crippen molar-refractivity contribution in [3.63, 3.8) is 0 Å². The molecule has 234 valence electrons. The molecule has 0 aromatic heterocycles. The van der Waals surface area contributed by atoms with Crippen LogP contribution in [0.2, 0.25) is 5.02 Å². The normalized spacial score (nSPS) is 37.0. The van der Waals surface area contributed by atoms with Gasteiger partial charge < -0.3 is 24.4 Å². The van der Waals surface area contributed by atoms with Crippen LogP contribution < -0.4 is 10.4 Å². The minimum absolute atomic E-state index is 0.0816. The lowest BCUT2D eigenvalue weighted by atomic mass is 9.56. The lowest BCUT2D eigenvalue weighted by Gasteiger charge is -2.55. The van der Waals surface area contributed by atoms with Crippen molar-refractivity contribution >= 4 is 35.2 Å². The summed E-state index contributed by atoms with van der Waals surface area (Å²) >= 11 is 6.40. The topological polar surface area (TPSA) is 144 Å². The number of rotatable bonds is 5. The van der Waals surface area contributed by atoms with Crippen molar-refractivity contribution in [2.75, 3.05) is 12.1 Å². The van der Waals surface area contributed by atoms with E-state index >= 15 is 0 Å². The fourth-order valence-corrected chi connectivity index (χ4v) is 7.55. The fraction of sp³-hybridized carbons (Fsp3) is 0.581. The van der Waals surface area contributed by atoms with Crippen LogP contribution in [0.15, 0.2) is 41.7 Å². The number of nitrogens with one attached hydrogen (secondary N) is 1. The van der Waals surface area contributed by atoms with E-state index in [0.29, 0.717) is 34.7 Å². The van der Waals surface area contributed by atoms with Crippen LogP contribution in [0.4, 0.5) is 5.69 Å². The number of hydrogen-bond donors (Lipinski definition) is 3. The van der Waals surface area contributed by atoms with Gasteiger partial charge in [0.1, 0.15) is 17.2 Å². The number of hydroxylamine groups is 1. The molecule has 1 saturated carbocycles. The number of carbonyl (C=O) groups excluding carboxylic acids is 3. The third-order valence-electron chi connectivity index (χ3n) is 9.44. The predicted molar refractivity (Wildman–Crippen MR) is 155 cm³/mol.